The Bertz CT molecular complexity index is 3460. The molecule has 6 amide bonds. The summed E-state index contributed by atoms with van der Waals surface area (Å²) in [6.45, 7) is 7.87. The molecule has 2 aromatic heterocycles. The maximum Gasteiger partial charge on any atom is 0.407 e. The number of halogens is 2. The summed E-state index contributed by atoms with van der Waals surface area (Å²) >= 11 is 0. The van der Waals surface area contributed by atoms with Crippen LogP contribution >= 0.6 is 0 Å². The van der Waals surface area contributed by atoms with E-state index in [0.717, 1.165) is 23.3 Å². The highest BCUT2D eigenvalue weighted by Crippen LogP contribution is 2.45. The minimum absolute atomic E-state index is 0.00683. The Morgan fingerprint density at radius 3 is 2.43 bits per heavy atom. The number of fused-ring (bicyclic) bond motifs is 6. The van der Waals surface area contributed by atoms with Crippen molar-refractivity contribution in [3.05, 3.63) is 89.1 Å². The van der Waals surface area contributed by atoms with Crippen molar-refractivity contribution in [3.8, 4) is 35.4 Å². The van der Waals surface area contributed by atoms with E-state index in [9.17, 15) is 33.9 Å². The Hall–Kier alpha value is -8.21. The molecular formula is C58H60F2N10O12. The molecule has 5 atom stereocenters. The number of amides is 6. The van der Waals surface area contributed by atoms with Gasteiger partial charge in [-0.3, -0.25) is 44.1 Å². The summed E-state index contributed by atoms with van der Waals surface area (Å²) in [5.41, 5.74) is 0.721. The number of hydrogen-bond donors (Lipinski definition) is 5. The van der Waals surface area contributed by atoms with Crippen molar-refractivity contribution in [2.24, 2.45) is 0 Å². The molecule has 0 spiro atoms. The highest BCUT2D eigenvalue weighted by molar-refractivity contribution is 6.24. The second-order valence-corrected chi connectivity index (χ2v) is 21.3. The predicted octanol–water partition coefficient (Wildman–Crippen LogP) is 4.50. The van der Waals surface area contributed by atoms with Crippen LogP contribution in [-0.2, 0) is 33.3 Å². The number of piperazine rings is 1. The van der Waals surface area contributed by atoms with Crippen molar-refractivity contribution in [3.63, 3.8) is 0 Å². The monoisotopic (exact) mass is 1130 g/mol. The molecule has 428 valence electrons. The first-order chi connectivity index (χ1) is 39.7. The number of alkyl carbamates (subject to hydrolysis) is 1. The van der Waals surface area contributed by atoms with E-state index in [-0.39, 0.29) is 153 Å². The Morgan fingerprint density at radius 2 is 1.66 bits per heavy atom. The van der Waals surface area contributed by atoms with Crippen LogP contribution in [0.4, 0.5) is 25.1 Å². The Balaban J connectivity index is 0.612. The number of phenolic OH excluding ortho intramolecular Hbond substituents is 1. The lowest BCUT2D eigenvalue weighted by Gasteiger charge is -2.35. The second-order valence-electron chi connectivity index (χ2n) is 21.3. The Morgan fingerprint density at radius 1 is 0.902 bits per heavy atom. The molecule has 5 N–H and O–H groups in total. The van der Waals surface area contributed by atoms with Crippen molar-refractivity contribution < 1.29 is 66.3 Å². The van der Waals surface area contributed by atoms with Gasteiger partial charge in [-0.2, -0.15) is 9.97 Å². The minimum atomic E-state index is -1.09. The first-order valence-corrected chi connectivity index (χ1v) is 27.3. The summed E-state index contributed by atoms with van der Waals surface area (Å²) in [6.07, 6.45) is 10.8. The fourth-order valence-corrected chi connectivity index (χ4v) is 12.1. The van der Waals surface area contributed by atoms with Crippen molar-refractivity contribution in [2.75, 3.05) is 89.3 Å². The van der Waals surface area contributed by atoms with Gasteiger partial charge < -0.3 is 49.6 Å². The van der Waals surface area contributed by atoms with E-state index in [4.69, 9.17) is 35.1 Å². The third-order valence-electron chi connectivity index (χ3n) is 15.9. The van der Waals surface area contributed by atoms with Gasteiger partial charge in [0.25, 0.3) is 11.8 Å². The van der Waals surface area contributed by atoms with E-state index in [0.29, 0.717) is 61.2 Å². The molecule has 3 unspecified atom stereocenters. The van der Waals surface area contributed by atoms with E-state index >= 15 is 8.78 Å². The van der Waals surface area contributed by atoms with Crippen LogP contribution in [-0.4, -0.2) is 174 Å². The number of carbonyl (C=O) groups is 6. The number of pyridine rings is 1. The number of rotatable bonds is 21. The molecule has 0 saturated carbocycles. The molecular weight excluding hydrogens is 1070 g/mol. The number of hydrogen-bond acceptors (Lipinski definition) is 18. The maximum atomic E-state index is 17.2. The van der Waals surface area contributed by atoms with Gasteiger partial charge in [0.2, 0.25) is 17.7 Å². The van der Waals surface area contributed by atoms with E-state index in [1.54, 1.807) is 0 Å². The maximum absolute atomic E-state index is 17.2. The average Bonchev–Trinajstić information content (AvgIpc) is 4.29. The summed E-state index contributed by atoms with van der Waals surface area (Å²) in [5.74, 6) is -1.67. The molecule has 5 saturated heterocycles. The Labute approximate surface area is 469 Å². The molecule has 11 rings (SSSR count). The van der Waals surface area contributed by atoms with Crippen molar-refractivity contribution in [1.82, 2.24) is 40.7 Å². The standard InChI is InChI=1S/C58H60F2N10O12/c1-3-39-44(59)9-4-33-22-38(71)24-42(48(33)39)50-49(60)51-43(26-62-50)52(68-28-35-5-6-36(29-68)63-35)67-56(66-51)82-31-58-14-12-37(69(58)27-32(2)25-58)30-81-57(77)61-15-17-79-19-21-80-20-18-78-16-13-47(73)64-34-7-8-40-41(23-34)55(76)70(54(40)75)45-10-11-46(72)65-53(45)74/h1,4,7-9,22-24,26,35-37,45,63,71H,2,5-6,10-21,25,27-31H2,(H,61,77)(H,64,73)(H,65,72,74)/t35?,36?,37-,45?,58-/m1/s1. The van der Waals surface area contributed by atoms with E-state index in [1.807, 2.05) is 0 Å². The first kappa shape index (κ1) is 55.7. The second kappa shape index (κ2) is 23.7. The third-order valence-corrected chi connectivity index (χ3v) is 15.9. The zero-order chi connectivity index (χ0) is 57.2. The lowest BCUT2D eigenvalue weighted by Crippen LogP contribution is -2.54. The van der Waals surface area contributed by atoms with Crippen LogP contribution in [0.1, 0.15) is 77.6 Å². The zero-order valence-electron chi connectivity index (χ0n) is 44.7. The number of imide groups is 2. The van der Waals surface area contributed by atoms with Gasteiger partial charge in [0.1, 0.15) is 47.9 Å². The van der Waals surface area contributed by atoms with Crippen LogP contribution in [0, 0.1) is 24.0 Å². The number of benzene rings is 3. The van der Waals surface area contributed by atoms with Gasteiger partial charge in [0.05, 0.1) is 73.7 Å². The van der Waals surface area contributed by atoms with Crippen molar-refractivity contribution >= 4 is 68.8 Å². The average molecular weight is 1130 g/mol. The molecule has 24 heteroatoms. The van der Waals surface area contributed by atoms with E-state index in [1.165, 1.54) is 48.7 Å². The number of nitrogens with zero attached hydrogens (tertiary/aromatic N) is 6. The molecule has 6 aliphatic rings. The Kier molecular flexibility index (Phi) is 16.1. The number of carbonyl (C=O) groups excluding carboxylic acids is 6. The largest absolute Gasteiger partial charge is 0.508 e. The summed E-state index contributed by atoms with van der Waals surface area (Å²) in [5, 5.41) is 22.9. The minimum Gasteiger partial charge on any atom is -0.508 e. The summed E-state index contributed by atoms with van der Waals surface area (Å²) in [6, 6.07) is 8.90. The topological polar surface area (TPSA) is 265 Å². The van der Waals surface area contributed by atoms with Gasteiger partial charge in [-0.25, -0.2) is 13.6 Å². The number of ether oxygens (including phenoxy) is 5. The lowest BCUT2D eigenvalue weighted by molar-refractivity contribution is -0.136. The van der Waals surface area contributed by atoms with Crippen LogP contribution in [0.3, 0.4) is 0 Å². The molecule has 0 aliphatic carbocycles. The highest BCUT2D eigenvalue weighted by Gasteiger charge is 2.52. The van der Waals surface area contributed by atoms with Crippen LogP contribution in [0.2, 0.25) is 0 Å². The van der Waals surface area contributed by atoms with Crippen LogP contribution < -0.4 is 30.9 Å². The van der Waals surface area contributed by atoms with E-state index in [2.05, 4.69) is 53.5 Å². The molecule has 0 radical (unpaired) electrons. The zero-order valence-corrected chi connectivity index (χ0v) is 44.7. The smallest absolute Gasteiger partial charge is 0.407 e. The number of nitrogens with one attached hydrogen (secondary N) is 4. The summed E-state index contributed by atoms with van der Waals surface area (Å²) < 4.78 is 61.1. The normalized spacial score (nSPS) is 22.2. The van der Waals surface area contributed by atoms with E-state index < -0.39 is 52.9 Å². The van der Waals surface area contributed by atoms with Crippen molar-refractivity contribution in [1.29, 1.82) is 0 Å². The third kappa shape index (κ3) is 11.4. The fraction of sp³-hybridized carbons (Fsp3) is 0.431. The van der Waals surface area contributed by atoms with Crippen LogP contribution in [0.15, 0.2) is 60.8 Å². The molecule has 5 aromatic rings. The van der Waals surface area contributed by atoms with Gasteiger partial charge in [0.15, 0.2) is 5.82 Å². The molecule has 22 nitrogen and oxygen atoms in total. The van der Waals surface area contributed by atoms with Gasteiger partial charge in [-0.15, -0.1) is 6.42 Å². The summed E-state index contributed by atoms with van der Waals surface area (Å²) in [4.78, 5) is 94.7. The highest BCUT2D eigenvalue weighted by atomic mass is 19.1. The van der Waals surface area contributed by atoms with Gasteiger partial charge >= 0.3 is 12.1 Å². The fourth-order valence-electron chi connectivity index (χ4n) is 12.1. The molecule has 5 fully saturated rings. The number of terminal acetylenes is 1. The number of piperidine rings is 1. The first-order valence-electron chi connectivity index (χ1n) is 27.3. The van der Waals surface area contributed by atoms with Crippen LogP contribution in [0.25, 0.3) is 32.9 Å². The summed E-state index contributed by atoms with van der Waals surface area (Å²) in [7, 11) is 0. The van der Waals surface area contributed by atoms with Gasteiger partial charge in [0, 0.05) is 73.6 Å². The number of phenols is 1. The molecule has 6 aliphatic heterocycles. The quantitative estimate of drug-likeness (QED) is 0.0293. The number of aromatic hydroxyl groups is 1. The predicted molar refractivity (Wildman–Crippen MR) is 292 cm³/mol. The molecule has 8 heterocycles. The SMILES string of the molecule is C#Cc1c(F)ccc2cc(O)cc(-c3ncc4c(N5CC6CCC(C5)N6)nc(OC[C@]56CC[C@H](COC(=O)NCCOCCOCCOCCC(=O)Nc7ccc8c(c7)C(=O)N(C7CCC(=O)NC7=O)C8=O)N5CC(=C)C6)nc4c3F)c12. The molecule has 82 heavy (non-hydrogen) atoms. The number of anilines is 2. The van der Waals surface area contributed by atoms with Gasteiger partial charge in [-0.1, -0.05) is 24.1 Å². The van der Waals surface area contributed by atoms with Crippen molar-refractivity contribution in [2.45, 2.75) is 81.1 Å². The molecule has 2 bridgehead atoms. The van der Waals surface area contributed by atoms with Gasteiger partial charge in [-0.05, 0) is 80.3 Å². The molecule has 3 aromatic carbocycles. The van der Waals surface area contributed by atoms with Crippen LogP contribution in [0.5, 0.6) is 11.8 Å². The number of aromatic nitrogens is 3. The lowest BCUT2D eigenvalue weighted by atomic mass is 9.94.